The van der Waals surface area contributed by atoms with Crippen molar-refractivity contribution in [1.29, 1.82) is 0 Å². The van der Waals surface area contributed by atoms with Gasteiger partial charge in [-0.15, -0.1) is 0 Å². The SMILES string of the molecule is CCOC(=O)CN(Cc1ccccc1)C(=O)[C@@H]1CCCN1C(=O)/C(C)=C/[C@H](C(C)C)N(C)C(=O)[C@@H](NC(=O)C1CCCCN1C(C)C)C(C)(C)C. The minimum Gasteiger partial charge on any atom is -0.465 e. The molecule has 2 fully saturated rings. The first-order chi connectivity index (χ1) is 24.0. The van der Waals surface area contributed by atoms with Gasteiger partial charge < -0.3 is 24.8 Å². The van der Waals surface area contributed by atoms with Crippen LogP contribution in [0, 0.1) is 11.3 Å². The summed E-state index contributed by atoms with van der Waals surface area (Å²) in [6.45, 7) is 19.0. The summed E-state index contributed by atoms with van der Waals surface area (Å²) in [5, 5.41) is 3.13. The first-order valence-electron chi connectivity index (χ1n) is 18.8. The van der Waals surface area contributed by atoms with E-state index in [-0.39, 0.29) is 61.3 Å². The van der Waals surface area contributed by atoms with E-state index < -0.39 is 29.5 Å². The highest BCUT2D eigenvalue weighted by atomic mass is 16.5. The number of amides is 4. The van der Waals surface area contributed by atoms with Crippen LogP contribution in [-0.2, 0) is 35.3 Å². The highest BCUT2D eigenvalue weighted by molar-refractivity contribution is 5.98. The van der Waals surface area contributed by atoms with E-state index in [4.69, 9.17) is 4.74 Å². The molecule has 0 saturated carbocycles. The molecule has 1 aromatic carbocycles. The van der Waals surface area contributed by atoms with Gasteiger partial charge in [0, 0.05) is 31.8 Å². The second kappa shape index (κ2) is 18.7. The van der Waals surface area contributed by atoms with Gasteiger partial charge in [-0.25, -0.2) is 0 Å². The number of carbonyl (C=O) groups is 5. The number of nitrogens with one attached hydrogen (secondary N) is 1. The number of likely N-dealkylation sites (N-methyl/N-ethyl adjacent to an activating group) is 1. The van der Waals surface area contributed by atoms with Crippen molar-refractivity contribution in [3.05, 3.63) is 47.5 Å². The minimum absolute atomic E-state index is 0.0465. The number of esters is 1. The van der Waals surface area contributed by atoms with Gasteiger partial charge in [0.05, 0.1) is 18.7 Å². The van der Waals surface area contributed by atoms with Gasteiger partial charge in [-0.1, -0.05) is 77.4 Å². The van der Waals surface area contributed by atoms with E-state index in [0.29, 0.717) is 25.0 Å². The molecule has 11 heteroatoms. The summed E-state index contributed by atoms with van der Waals surface area (Å²) >= 11 is 0. The Morgan fingerprint density at radius 1 is 0.961 bits per heavy atom. The fraction of sp³-hybridized carbons (Fsp3) is 0.675. The van der Waals surface area contributed by atoms with Crippen molar-refractivity contribution >= 4 is 29.6 Å². The molecular formula is C40H63N5O6. The predicted octanol–water partition coefficient (Wildman–Crippen LogP) is 4.79. The highest BCUT2D eigenvalue weighted by Crippen LogP contribution is 2.27. The quantitative estimate of drug-likeness (QED) is 0.218. The van der Waals surface area contributed by atoms with Crippen LogP contribution >= 0.6 is 0 Å². The molecule has 0 radical (unpaired) electrons. The monoisotopic (exact) mass is 709 g/mol. The van der Waals surface area contributed by atoms with Gasteiger partial charge in [-0.3, -0.25) is 28.9 Å². The molecular weight excluding hydrogens is 646 g/mol. The lowest BCUT2D eigenvalue weighted by molar-refractivity contribution is -0.151. The number of hydrogen-bond acceptors (Lipinski definition) is 7. The zero-order valence-electron chi connectivity index (χ0n) is 32.7. The topological polar surface area (TPSA) is 120 Å². The van der Waals surface area contributed by atoms with E-state index in [1.807, 2.05) is 71.0 Å². The summed E-state index contributed by atoms with van der Waals surface area (Å²) in [5.41, 5.74) is 0.738. The molecule has 1 N–H and O–H groups in total. The molecule has 51 heavy (non-hydrogen) atoms. The molecule has 11 nitrogen and oxygen atoms in total. The molecule has 284 valence electrons. The first-order valence-corrected chi connectivity index (χ1v) is 18.8. The molecule has 0 bridgehead atoms. The van der Waals surface area contributed by atoms with E-state index in [1.165, 1.54) is 4.90 Å². The van der Waals surface area contributed by atoms with E-state index in [0.717, 1.165) is 31.4 Å². The number of rotatable bonds is 14. The van der Waals surface area contributed by atoms with Crippen LogP contribution in [0.3, 0.4) is 0 Å². The molecule has 4 atom stereocenters. The van der Waals surface area contributed by atoms with Crippen molar-refractivity contribution in [3.63, 3.8) is 0 Å². The molecule has 1 aromatic rings. The van der Waals surface area contributed by atoms with Crippen molar-refractivity contribution in [2.75, 3.05) is 33.3 Å². The zero-order chi connectivity index (χ0) is 38.0. The maximum absolute atomic E-state index is 14.3. The van der Waals surface area contributed by atoms with Crippen molar-refractivity contribution in [2.24, 2.45) is 11.3 Å². The van der Waals surface area contributed by atoms with Crippen molar-refractivity contribution in [3.8, 4) is 0 Å². The Balaban J connectivity index is 1.82. The summed E-state index contributed by atoms with van der Waals surface area (Å²) in [7, 11) is 1.73. The molecule has 0 aliphatic carbocycles. The minimum atomic E-state index is -0.771. The number of ether oxygens (including phenoxy) is 1. The fourth-order valence-electron chi connectivity index (χ4n) is 7.25. The predicted molar refractivity (Wildman–Crippen MR) is 199 cm³/mol. The Morgan fingerprint density at radius 3 is 2.20 bits per heavy atom. The second-order valence-electron chi connectivity index (χ2n) is 15.8. The normalized spacial score (nSPS) is 19.8. The summed E-state index contributed by atoms with van der Waals surface area (Å²) in [5.74, 6) is -1.46. The van der Waals surface area contributed by atoms with Crippen LogP contribution in [0.4, 0.5) is 0 Å². The standard InChI is InChI=1S/C40H63N5O6/c1-11-51-34(46)26-43(25-30-18-13-12-14-19-30)38(49)32-21-17-23-45(32)37(48)29(6)24-33(27(2)3)42(10)39(50)35(40(7,8)9)41-36(47)31-20-15-16-22-44(31)28(4)5/h12-14,18-19,24,27-28,31-33,35H,11,15-17,20-23,25-26H2,1-10H3,(H,41,47)/b29-24+/t31?,32-,33+,35+/m0/s1. The molecule has 2 saturated heterocycles. The average molecular weight is 710 g/mol. The van der Waals surface area contributed by atoms with Gasteiger partial charge in [0.2, 0.25) is 23.6 Å². The smallest absolute Gasteiger partial charge is 0.325 e. The van der Waals surface area contributed by atoms with Crippen LogP contribution < -0.4 is 5.32 Å². The molecule has 0 spiro atoms. The van der Waals surface area contributed by atoms with Crippen LogP contribution in [0.25, 0.3) is 0 Å². The summed E-state index contributed by atoms with van der Waals surface area (Å²) in [4.78, 5) is 75.5. The molecule has 1 unspecified atom stereocenters. The van der Waals surface area contributed by atoms with Gasteiger partial charge in [-0.2, -0.15) is 0 Å². The van der Waals surface area contributed by atoms with Crippen LogP contribution in [0.5, 0.6) is 0 Å². The number of benzene rings is 1. The Hall–Kier alpha value is -3.73. The first kappa shape index (κ1) is 41.7. The van der Waals surface area contributed by atoms with Crippen LogP contribution in [0.15, 0.2) is 42.0 Å². The van der Waals surface area contributed by atoms with Gasteiger partial charge in [0.25, 0.3) is 0 Å². The third kappa shape index (κ3) is 11.1. The average Bonchev–Trinajstić information content (AvgIpc) is 3.57. The maximum Gasteiger partial charge on any atom is 0.325 e. The number of hydrogen-bond donors (Lipinski definition) is 1. The molecule has 2 heterocycles. The van der Waals surface area contributed by atoms with Crippen LogP contribution in [-0.4, -0.2) is 113 Å². The third-order valence-corrected chi connectivity index (χ3v) is 10.1. The molecule has 2 aliphatic heterocycles. The maximum atomic E-state index is 14.3. The lowest BCUT2D eigenvalue weighted by Gasteiger charge is -2.41. The van der Waals surface area contributed by atoms with Gasteiger partial charge in [0.1, 0.15) is 18.6 Å². The largest absolute Gasteiger partial charge is 0.465 e. The lowest BCUT2D eigenvalue weighted by Crippen LogP contribution is -2.60. The summed E-state index contributed by atoms with van der Waals surface area (Å²) in [6.07, 6.45) is 5.74. The zero-order valence-corrected chi connectivity index (χ0v) is 32.7. The highest BCUT2D eigenvalue weighted by Gasteiger charge is 2.41. The number of carbonyl (C=O) groups excluding carboxylic acids is 5. The van der Waals surface area contributed by atoms with Crippen LogP contribution in [0.2, 0.25) is 0 Å². The number of likely N-dealkylation sites (tertiary alicyclic amines) is 2. The van der Waals surface area contributed by atoms with E-state index in [2.05, 4.69) is 24.1 Å². The molecule has 0 aromatic heterocycles. The Labute approximate surface area is 306 Å². The van der Waals surface area contributed by atoms with Crippen molar-refractivity contribution in [2.45, 2.75) is 131 Å². The van der Waals surface area contributed by atoms with Gasteiger partial charge in [-0.05, 0) is 76.8 Å². The second-order valence-corrected chi connectivity index (χ2v) is 15.8. The summed E-state index contributed by atoms with van der Waals surface area (Å²) < 4.78 is 5.17. The van der Waals surface area contributed by atoms with E-state index >= 15 is 0 Å². The van der Waals surface area contributed by atoms with Crippen LogP contribution in [0.1, 0.15) is 100.0 Å². The van der Waals surface area contributed by atoms with E-state index in [9.17, 15) is 24.0 Å². The Kier molecular flexibility index (Phi) is 15.3. The fourth-order valence-corrected chi connectivity index (χ4v) is 7.25. The Morgan fingerprint density at radius 2 is 1.61 bits per heavy atom. The lowest BCUT2D eigenvalue weighted by atomic mass is 9.84. The molecule has 4 amide bonds. The van der Waals surface area contributed by atoms with Crippen molar-refractivity contribution in [1.82, 2.24) is 24.9 Å². The van der Waals surface area contributed by atoms with E-state index in [1.54, 1.807) is 30.7 Å². The molecule has 2 aliphatic rings. The van der Waals surface area contributed by atoms with Gasteiger partial charge in [0.15, 0.2) is 0 Å². The number of piperidine rings is 1. The summed E-state index contributed by atoms with van der Waals surface area (Å²) in [6, 6.07) is 7.44. The number of nitrogens with zero attached hydrogens (tertiary/aromatic N) is 4. The molecule has 3 rings (SSSR count). The Bertz CT molecular complexity index is 1390. The van der Waals surface area contributed by atoms with Gasteiger partial charge >= 0.3 is 5.97 Å². The van der Waals surface area contributed by atoms with Crippen molar-refractivity contribution < 1.29 is 28.7 Å². The third-order valence-electron chi connectivity index (χ3n) is 10.1.